The number of rotatable bonds is 8. The number of pyridine rings is 1. The van der Waals surface area contributed by atoms with Crippen molar-refractivity contribution in [2.75, 3.05) is 16.8 Å². The molecule has 3 aromatic rings. The molecule has 12 heteroatoms. The first-order chi connectivity index (χ1) is 17.2. The molecule has 3 heterocycles. The number of ketones is 1. The third-order valence-corrected chi connectivity index (χ3v) is 7.41. The number of para-hydroxylation sites is 1. The molecular formula is C24H22F3N5O3S. The average Bonchev–Trinajstić information content (AvgIpc) is 3.25. The Morgan fingerprint density at radius 2 is 1.81 bits per heavy atom. The number of benzene rings is 1. The Hall–Kier alpha value is -3.67. The third kappa shape index (κ3) is 5.93. The topological polar surface area (TPSA) is 114 Å². The molecule has 188 valence electrons. The summed E-state index contributed by atoms with van der Waals surface area (Å²) >= 11 is 0. The van der Waals surface area contributed by atoms with Gasteiger partial charge in [0.15, 0.2) is 5.78 Å². The standard InChI is InChI=1S/C24H22F3N5O3S/c25-24(26,27)19-3-1-2-4-20(19)32-18-6-5-17(30-13-18)12-31-22(34)23(7-8-36(35)14-23)9-21(33)16-10-28-15-29-11-16/h1-6,10-11,13,15,32H,7-9,12,14H2,(H,31,34). The van der Waals surface area contributed by atoms with Gasteiger partial charge in [-0.2, -0.15) is 13.2 Å². The van der Waals surface area contributed by atoms with E-state index in [0.717, 1.165) is 6.07 Å². The summed E-state index contributed by atoms with van der Waals surface area (Å²) < 4.78 is 51.8. The van der Waals surface area contributed by atoms with E-state index in [-0.39, 0.29) is 35.8 Å². The number of alkyl halides is 3. The molecule has 2 atom stereocenters. The second-order valence-corrected chi connectivity index (χ2v) is 10.0. The maximum absolute atomic E-state index is 13.2. The van der Waals surface area contributed by atoms with Crippen molar-refractivity contribution >= 4 is 33.9 Å². The molecule has 1 aliphatic rings. The van der Waals surface area contributed by atoms with E-state index < -0.39 is 33.9 Å². The smallest absolute Gasteiger partial charge is 0.354 e. The Morgan fingerprint density at radius 1 is 1.06 bits per heavy atom. The number of nitrogens with one attached hydrogen (secondary N) is 2. The van der Waals surface area contributed by atoms with Crippen molar-refractivity contribution in [3.63, 3.8) is 0 Å². The molecule has 0 bridgehead atoms. The molecule has 36 heavy (non-hydrogen) atoms. The van der Waals surface area contributed by atoms with Gasteiger partial charge in [0.1, 0.15) is 6.33 Å². The maximum atomic E-state index is 13.2. The van der Waals surface area contributed by atoms with Crippen LogP contribution in [-0.2, 0) is 28.3 Å². The molecule has 0 aliphatic carbocycles. The van der Waals surface area contributed by atoms with Gasteiger partial charge in [0.05, 0.1) is 46.4 Å². The van der Waals surface area contributed by atoms with Crippen LogP contribution in [0.4, 0.5) is 24.5 Å². The van der Waals surface area contributed by atoms with Gasteiger partial charge >= 0.3 is 6.18 Å². The highest BCUT2D eigenvalue weighted by Crippen LogP contribution is 2.37. The fraction of sp³-hybridized carbons (Fsp3) is 0.292. The molecule has 4 rings (SSSR count). The summed E-state index contributed by atoms with van der Waals surface area (Å²) in [6.07, 6.45) is 1.10. The van der Waals surface area contributed by atoms with Gasteiger partial charge in [-0.3, -0.25) is 18.8 Å². The number of nitrogens with zero attached hydrogens (tertiary/aromatic N) is 3. The third-order valence-electron chi connectivity index (χ3n) is 5.88. The van der Waals surface area contributed by atoms with E-state index in [1.165, 1.54) is 43.1 Å². The number of aromatic nitrogens is 3. The molecule has 1 aliphatic heterocycles. The van der Waals surface area contributed by atoms with Crippen molar-refractivity contribution in [3.05, 3.63) is 78.1 Å². The highest BCUT2D eigenvalue weighted by atomic mass is 32.2. The quantitative estimate of drug-likeness (QED) is 0.439. The van der Waals surface area contributed by atoms with E-state index in [9.17, 15) is 27.0 Å². The van der Waals surface area contributed by atoms with Crippen LogP contribution in [0, 0.1) is 5.41 Å². The lowest BCUT2D eigenvalue weighted by atomic mass is 9.80. The van der Waals surface area contributed by atoms with Crippen LogP contribution in [0.2, 0.25) is 0 Å². The number of hydrogen-bond acceptors (Lipinski definition) is 7. The van der Waals surface area contributed by atoms with Crippen LogP contribution >= 0.6 is 0 Å². The van der Waals surface area contributed by atoms with Crippen LogP contribution in [0.3, 0.4) is 0 Å². The largest absolute Gasteiger partial charge is 0.418 e. The first-order valence-electron chi connectivity index (χ1n) is 11.0. The molecule has 1 saturated heterocycles. The number of hydrogen-bond donors (Lipinski definition) is 2. The van der Waals surface area contributed by atoms with Crippen molar-refractivity contribution in [3.8, 4) is 0 Å². The van der Waals surface area contributed by atoms with Crippen LogP contribution in [0.1, 0.15) is 34.5 Å². The van der Waals surface area contributed by atoms with E-state index >= 15 is 0 Å². The molecule has 1 aromatic carbocycles. The zero-order chi connectivity index (χ0) is 25.8. The number of halogens is 3. The summed E-state index contributed by atoms with van der Waals surface area (Å²) in [6, 6.07) is 8.25. The number of amides is 1. The minimum atomic E-state index is -4.50. The van der Waals surface area contributed by atoms with Gasteiger partial charge in [-0.25, -0.2) is 9.97 Å². The first-order valence-corrected chi connectivity index (χ1v) is 12.4. The second-order valence-electron chi connectivity index (χ2n) is 8.43. The monoisotopic (exact) mass is 517 g/mol. The van der Waals surface area contributed by atoms with Crippen molar-refractivity contribution < 1.29 is 27.0 Å². The summed E-state index contributed by atoms with van der Waals surface area (Å²) in [4.78, 5) is 37.7. The summed E-state index contributed by atoms with van der Waals surface area (Å²) in [5, 5.41) is 5.48. The van der Waals surface area contributed by atoms with Gasteiger partial charge in [-0.1, -0.05) is 12.1 Å². The van der Waals surface area contributed by atoms with Gasteiger partial charge in [-0.15, -0.1) is 0 Å². The average molecular weight is 518 g/mol. The van der Waals surface area contributed by atoms with Crippen LogP contribution in [0.5, 0.6) is 0 Å². The lowest BCUT2D eigenvalue weighted by Crippen LogP contribution is -2.43. The summed E-state index contributed by atoms with van der Waals surface area (Å²) in [5.74, 6) is -0.309. The van der Waals surface area contributed by atoms with Crippen LogP contribution in [0.25, 0.3) is 0 Å². The highest BCUT2D eigenvalue weighted by molar-refractivity contribution is 7.85. The van der Waals surface area contributed by atoms with E-state index in [1.54, 1.807) is 12.1 Å². The molecule has 0 saturated carbocycles. The maximum Gasteiger partial charge on any atom is 0.418 e. The molecule has 0 spiro atoms. The highest BCUT2D eigenvalue weighted by Gasteiger charge is 2.46. The lowest BCUT2D eigenvalue weighted by molar-refractivity contribution is -0.137. The van der Waals surface area contributed by atoms with Crippen molar-refractivity contribution in [1.29, 1.82) is 0 Å². The molecule has 2 unspecified atom stereocenters. The SMILES string of the molecule is O=C(CC1(C(=O)NCc2ccc(Nc3ccccc3C(F)(F)F)cn2)CCS(=O)C1)c1cncnc1. The Balaban J connectivity index is 1.41. The predicted molar refractivity (Wildman–Crippen MR) is 127 cm³/mol. The number of carbonyl (C=O) groups is 2. The zero-order valence-electron chi connectivity index (χ0n) is 18.9. The van der Waals surface area contributed by atoms with Crippen molar-refractivity contribution in [2.24, 2.45) is 5.41 Å². The fourth-order valence-corrected chi connectivity index (χ4v) is 5.73. The molecule has 2 N–H and O–H groups in total. The normalized spacial score (nSPS) is 19.6. The van der Waals surface area contributed by atoms with Crippen LogP contribution < -0.4 is 10.6 Å². The van der Waals surface area contributed by atoms with Crippen molar-refractivity contribution in [1.82, 2.24) is 20.3 Å². The van der Waals surface area contributed by atoms with E-state index in [4.69, 9.17) is 0 Å². The summed E-state index contributed by atoms with van der Waals surface area (Å²) in [5.41, 5.74) is -0.912. The first kappa shape index (κ1) is 25.4. The Kier molecular flexibility index (Phi) is 7.43. The summed E-state index contributed by atoms with van der Waals surface area (Å²) in [6.45, 7) is 0.0370. The lowest BCUT2D eigenvalue weighted by Gasteiger charge is -2.26. The predicted octanol–water partition coefficient (Wildman–Crippen LogP) is 3.66. The molecule has 2 aromatic heterocycles. The Labute approximate surface area is 207 Å². The van der Waals surface area contributed by atoms with Crippen LogP contribution in [0.15, 0.2) is 61.3 Å². The number of anilines is 2. The van der Waals surface area contributed by atoms with E-state index in [2.05, 4.69) is 25.6 Å². The van der Waals surface area contributed by atoms with Crippen molar-refractivity contribution in [2.45, 2.75) is 25.6 Å². The minimum absolute atomic E-state index is 0.0370. The van der Waals surface area contributed by atoms with E-state index in [0.29, 0.717) is 23.6 Å². The second kappa shape index (κ2) is 10.5. The Morgan fingerprint density at radius 3 is 2.44 bits per heavy atom. The van der Waals surface area contributed by atoms with Gasteiger partial charge in [0.2, 0.25) is 5.91 Å². The molecular weight excluding hydrogens is 495 g/mol. The number of Topliss-reactive ketones (excluding diaryl/α,β-unsaturated/α-hetero) is 1. The fourth-order valence-electron chi connectivity index (χ4n) is 3.97. The van der Waals surface area contributed by atoms with Gasteiger partial charge in [0.25, 0.3) is 0 Å². The van der Waals surface area contributed by atoms with Gasteiger partial charge in [-0.05, 0) is 30.7 Å². The minimum Gasteiger partial charge on any atom is -0.354 e. The van der Waals surface area contributed by atoms with Gasteiger partial charge in [0, 0.05) is 41.1 Å². The van der Waals surface area contributed by atoms with E-state index in [1.807, 2.05) is 0 Å². The molecule has 0 radical (unpaired) electrons. The zero-order valence-corrected chi connectivity index (χ0v) is 19.7. The Bertz CT molecular complexity index is 1270. The molecule has 8 nitrogen and oxygen atoms in total. The summed E-state index contributed by atoms with van der Waals surface area (Å²) in [7, 11) is -1.21. The molecule has 1 amide bonds. The van der Waals surface area contributed by atoms with Crippen LogP contribution in [-0.4, -0.2) is 42.4 Å². The number of carbonyl (C=O) groups excluding carboxylic acids is 2. The van der Waals surface area contributed by atoms with Gasteiger partial charge < -0.3 is 10.6 Å². The molecule has 1 fully saturated rings.